The smallest absolute Gasteiger partial charge is 0.419 e. The van der Waals surface area contributed by atoms with Gasteiger partial charge in [-0.15, -0.1) is 0 Å². The van der Waals surface area contributed by atoms with Crippen LogP contribution in [-0.4, -0.2) is 40.5 Å². The van der Waals surface area contributed by atoms with Crippen LogP contribution >= 0.6 is 0 Å². The number of esters is 1. The zero-order chi connectivity index (χ0) is 19.5. The van der Waals surface area contributed by atoms with Crippen molar-refractivity contribution in [1.29, 1.82) is 0 Å². The van der Waals surface area contributed by atoms with Crippen LogP contribution in [0.25, 0.3) is 11.1 Å². The van der Waals surface area contributed by atoms with E-state index in [1.807, 2.05) is 11.0 Å². The van der Waals surface area contributed by atoms with Gasteiger partial charge in [-0.3, -0.25) is 14.2 Å². The maximum Gasteiger partial charge on any atom is 0.419 e. The number of oxazole rings is 1. The van der Waals surface area contributed by atoms with Gasteiger partial charge >= 0.3 is 11.7 Å². The molecule has 2 heterocycles. The lowest BCUT2D eigenvalue weighted by Gasteiger charge is -2.44. The molecule has 7 heteroatoms. The van der Waals surface area contributed by atoms with Gasteiger partial charge in [-0.1, -0.05) is 25.0 Å². The molecule has 2 aliphatic rings. The summed E-state index contributed by atoms with van der Waals surface area (Å²) in [7, 11) is 0. The van der Waals surface area contributed by atoms with Crippen molar-refractivity contribution in [2.75, 3.05) is 13.2 Å². The first-order valence-corrected chi connectivity index (χ1v) is 10.2. The van der Waals surface area contributed by atoms with Crippen molar-refractivity contribution in [3.8, 4) is 0 Å². The number of aromatic nitrogens is 1. The van der Waals surface area contributed by atoms with E-state index in [0.29, 0.717) is 23.1 Å². The average molecular weight is 386 g/mol. The predicted octanol–water partition coefficient (Wildman–Crippen LogP) is 2.71. The van der Waals surface area contributed by atoms with Crippen molar-refractivity contribution in [3.05, 3.63) is 34.8 Å². The fraction of sp³-hybridized carbons (Fsp3) is 0.571. The minimum absolute atomic E-state index is 0.0166. The van der Waals surface area contributed by atoms with E-state index in [0.717, 1.165) is 25.8 Å². The van der Waals surface area contributed by atoms with Gasteiger partial charge in [0.25, 0.3) is 5.91 Å². The largest absolute Gasteiger partial charge is 0.456 e. The highest BCUT2D eigenvalue weighted by molar-refractivity contribution is 5.81. The van der Waals surface area contributed by atoms with Crippen LogP contribution in [0.3, 0.4) is 0 Å². The lowest BCUT2D eigenvalue weighted by Crippen LogP contribution is -2.50. The molecule has 2 aromatic rings. The Bertz CT molecular complexity index is 913. The number of nitrogens with zero attached hydrogens (tertiary/aromatic N) is 2. The molecule has 2 fully saturated rings. The summed E-state index contributed by atoms with van der Waals surface area (Å²) in [5.41, 5.74) is 1.14. The number of benzene rings is 1. The Morgan fingerprint density at radius 2 is 1.89 bits per heavy atom. The summed E-state index contributed by atoms with van der Waals surface area (Å²) in [6, 6.07) is 7.38. The Labute approximate surface area is 163 Å². The molecular weight excluding hydrogens is 360 g/mol. The van der Waals surface area contributed by atoms with E-state index < -0.39 is 11.7 Å². The molecule has 2 atom stereocenters. The summed E-state index contributed by atoms with van der Waals surface area (Å²) < 4.78 is 11.8. The van der Waals surface area contributed by atoms with Crippen molar-refractivity contribution in [2.24, 2.45) is 5.92 Å². The average Bonchev–Trinajstić information content (AvgIpc) is 3.05. The van der Waals surface area contributed by atoms with Crippen molar-refractivity contribution in [3.63, 3.8) is 0 Å². The number of piperidine rings is 1. The van der Waals surface area contributed by atoms with Gasteiger partial charge in [-0.2, -0.15) is 0 Å². The van der Waals surface area contributed by atoms with E-state index in [4.69, 9.17) is 9.15 Å². The molecule has 1 saturated heterocycles. The van der Waals surface area contributed by atoms with Gasteiger partial charge in [0.2, 0.25) is 0 Å². The van der Waals surface area contributed by atoms with Gasteiger partial charge in [-0.25, -0.2) is 4.79 Å². The first-order valence-electron chi connectivity index (χ1n) is 10.2. The molecule has 4 rings (SSSR count). The molecule has 1 aromatic heterocycles. The number of likely N-dealkylation sites (tertiary alicyclic amines) is 1. The van der Waals surface area contributed by atoms with E-state index in [2.05, 4.69) is 0 Å². The summed E-state index contributed by atoms with van der Waals surface area (Å²) in [5, 5.41) is 0. The highest BCUT2D eigenvalue weighted by Crippen LogP contribution is 2.35. The van der Waals surface area contributed by atoms with Crippen LogP contribution in [-0.2, 0) is 20.9 Å². The van der Waals surface area contributed by atoms with E-state index in [1.54, 1.807) is 18.2 Å². The molecule has 1 saturated carbocycles. The molecule has 150 valence electrons. The van der Waals surface area contributed by atoms with E-state index >= 15 is 0 Å². The quantitative estimate of drug-likeness (QED) is 0.738. The minimum Gasteiger partial charge on any atom is -0.456 e. The first-order chi connectivity index (χ1) is 13.6. The Balaban J connectivity index is 1.30. The number of rotatable bonds is 5. The third kappa shape index (κ3) is 3.84. The van der Waals surface area contributed by atoms with Gasteiger partial charge in [0.1, 0.15) is 0 Å². The van der Waals surface area contributed by atoms with Crippen molar-refractivity contribution in [2.45, 2.75) is 57.5 Å². The maximum atomic E-state index is 12.6. The molecule has 0 spiro atoms. The van der Waals surface area contributed by atoms with Crippen molar-refractivity contribution < 1.29 is 18.7 Å². The summed E-state index contributed by atoms with van der Waals surface area (Å²) in [4.78, 5) is 38.6. The second-order valence-corrected chi connectivity index (χ2v) is 7.74. The number of amides is 1. The summed E-state index contributed by atoms with van der Waals surface area (Å²) in [6.07, 6.45) is 6.91. The van der Waals surface area contributed by atoms with Crippen LogP contribution in [0.15, 0.2) is 33.5 Å². The number of para-hydroxylation sites is 2. The number of fused-ring (bicyclic) bond motifs is 2. The Hall–Kier alpha value is -2.57. The second kappa shape index (κ2) is 8.20. The van der Waals surface area contributed by atoms with Crippen LogP contribution in [0.5, 0.6) is 0 Å². The third-order valence-electron chi connectivity index (χ3n) is 6.03. The van der Waals surface area contributed by atoms with Gasteiger partial charge in [-0.05, 0) is 43.7 Å². The molecule has 28 heavy (non-hydrogen) atoms. The number of hydrogen-bond acceptors (Lipinski definition) is 5. The molecule has 1 aliphatic heterocycles. The molecule has 1 aromatic carbocycles. The maximum absolute atomic E-state index is 12.6. The number of ether oxygens (including phenoxy) is 1. The van der Waals surface area contributed by atoms with Crippen molar-refractivity contribution in [1.82, 2.24) is 9.47 Å². The lowest BCUT2D eigenvalue weighted by molar-refractivity contribution is -0.155. The molecule has 0 radical (unpaired) electrons. The van der Waals surface area contributed by atoms with Crippen LogP contribution in [0.1, 0.15) is 44.9 Å². The normalized spacial score (nSPS) is 22.1. The molecule has 1 amide bonds. The number of carbonyl (C=O) groups excluding carboxylic acids is 2. The van der Waals surface area contributed by atoms with Gasteiger partial charge < -0.3 is 14.1 Å². The summed E-state index contributed by atoms with van der Waals surface area (Å²) in [6.45, 7) is 0.703. The SMILES string of the molecule is O=C(CCn1c(=O)oc2ccccc21)OCC(=O)N1CCC[C@H]2CCCC[C@H]21. The highest BCUT2D eigenvalue weighted by Gasteiger charge is 2.35. The van der Waals surface area contributed by atoms with Gasteiger partial charge in [0, 0.05) is 19.1 Å². The lowest BCUT2D eigenvalue weighted by atomic mass is 9.78. The van der Waals surface area contributed by atoms with Crippen molar-refractivity contribution >= 4 is 23.0 Å². The van der Waals surface area contributed by atoms with Gasteiger partial charge in [0.15, 0.2) is 12.2 Å². The zero-order valence-corrected chi connectivity index (χ0v) is 16.0. The fourth-order valence-corrected chi connectivity index (χ4v) is 4.66. The van der Waals surface area contributed by atoms with E-state index in [1.165, 1.54) is 23.8 Å². The molecule has 0 unspecified atom stereocenters. The first kappa shape index (κ1) is 18.8. The fourth-order valence-electron chi connectivity index (χ4n) is 4.66. The summed E-state index contributed by atoms with van der Waals surface area (Å²) in [5.74, 6) is -0.483. The Morgan fingerprint density at radius 3 is 2.79 bits per heavy atom. The monoisotopic (exact) mass is 386 g/mol. The molecule has 1 aliphatic carbocycles. The van der Waals surface area contributed by atoms with Crippen LogP contribution in [0.2, 0.25) is 0 Å². The number of aryl methyl sites for hydroxylation is 1. The van der Waals surface area contributed by atoms with Gasteiger partial charge in [0.05, 0.1) is 11.9 Å². The topological polar surface area (TPSA) is 81.7 Å². The minimum atomic E-state index is -0.498. The molecular formula is C21H26N2O5. The van der Waals surface area contributed by atoms with Crippen LogP contribution in [0.4, 0.5) is 0 Å². The van der Waals surface area contributed by atoms with E-state index in [-0.39, 0.29) is 25.5 Å². The number of carbonyl (C=O) groups is 2. The summed E-state index contributed by atoms with van der Waals surface area (Å²) >= 11 is 0. The predicted molar refractivity (Wildman–Crippen MR) is 103 cm³/mol. The standard InChI is InChI=1S/C21H26N2O5/c24-19(22-12-5-7-15-6-1-2-8-16(15)22)14-27-20(25)11-13-23-17-9-3-4-10-18(17)28-21(23)26/h3-4,9-10,15-16H,1-2,5-8,11-14H2/t15-,16-/m1/s1. The van der Waals surface area contributed by atoms with E-state index in [9.17, 15) is 14.4 Å². The zero-order valence-electron chi connectivity index (χ0n) is 16.0. The second-order valence-electron chi connectivity index (χ2n) is 7.74. The van der Waals surface area contributed by atoms with Crippen LogP contribution in [0, 0.1) is 5.92 Å². The Kier molecular flexibility index (Phi) is 5.50. The number of hydrogen-bond donors (Lipinski definition) is 0. The molecule has 0 N–H and O–H groups in total. The molecule has 0 bridgehead atoms. The van der Waals surface area contributed by atoms with Crippen LogP contribution < -0.4 is 5.76 Å². The molecule has 7 nitrogen and oxygen atoms in total. The third-order valence-corrected chi connectivity index (χ3v) is 6.03. The highest BCUT2D eigenvalue weighted by atomic mass is 16.5. The Morgan fingerprint density at radius 1 is 1.11 bits per heavy atom.